The van der Waals surface area contributed by atoms with Crippen LogP contribution in [-0.2, 0) is 14.3 Å². The van der Waals surface area contributed by atoms with Crippen LogP contribution in [0.2, 0.25) is 0 Å². The molecule has 0 aromatic heterocycles. The van der Waals surface area contributed by atoms with E-state index in [9.17, 15) is 20.1 Å². The van der Waals surface area contributed by atoms with Crippen molar-refractivity contribution in [1.29, 1.82) is 0 Å². The third-order valence-corrected chi connectivity index (χ3v) is 4.12. The Labute approximate surface area is 126 Å². The van der Waals surface area contributed by atoms with E-state index in [1.54, 1.807) is 6.92 Å². The monoisotopic (exact) mass is 304 g/mol. The molecule has 124 valence electrons. The van der Waals surface area contributed by atoms with E-state index in [0.29, 0.717) is 5.92 Å². The molecule has 21 heavy (non-hydrogen) atoms. The van der Waals surface area contributed by atoms with Gasteiger partial charge in [-0.3, -0.25) is 4.79 Å². The van der Waals surface area contributed by atoms with Crippen LogP contribution < -0.4 is 0 Å². The summed E-state index contributed by atoms with van der Waals surface area (Å²) in [7, 11) is 0. The van der Waals surface area contributed by atoms with Gasteiger partial charge in [-0.1, -0.05) is 40.0 Å². The van der Waals surface area contributed by atoms with Gasteiger partial charge in [-0.05, 0) is 12.3 Å². The zero-order valence-corrected chi connectivity index (χ0v) is 13.1. The van der Waals surface area contributed by atoms with Crippen molar-refractivity contribution in [2.75, 3.05) is 6.61 Å². The largest absolute Gasteiger partial charge is 0.433 e. The van der Waals surface area contributed by atoms with Crippen molar-refractivity contribution in [2.24, 2.45) is 11.8 Å². The van der Waals surface area contributed by atoms with Gasteiger partial charge in [0.25, 0.3) is 0 Å². The van der Waals surface area contributed by atoms with E-state index < -0.39 is 30.6 Å². The molecule has 0 radical (unpaired) electrons. The molecular formula is C15H28O6. The van der Waals surface area contributed by atoms with Crippen molar-refractivity contribution in [3.05, 3.63) is 0 Å². The summed E-state index contributed by atoms with van der Waals surface area (Å²) in [5, 5.41) is 28.6. The highest BCUT2D eigenvalue weighted by Gasteiger charge is 2.40. The first-order valence-electron chi connectivity index (χ1n) is 7.73. The van der Waals surface area contributed by atoms with Gasteiger partial charge in [0.05, 0.1) is 12.5 Å². The van der Waals surface area contributed by atoms with Gasteiger partial charge in [-0.2, -0.15) is 0 Å². The first-order valence-corrected chi connectivity index (χ1v) is 7.73. The Morgan fingerprint density at radius 3 is 2.52 bits per heavy atom. The SMILES string of the molecule is CCC(C)CCCC(C)C(=O)OC1OCC(O)C(O)C1O. The number of aliphatic hydroxyl groups is 3. The van der Waals surface area contributed by atoms with E-state index in [0.717, 1.165) is 25.7 Å². The fourth-order valence-corrected chi connectivity index (χ4v) is 2.21. The average molecular weight is 304 g/mol. The lowest BCUT2D eigenvalue weighted by Crippen LogP contribution is -2.54. The Balaban J connectivity index is 2.35. The molecule has 1 aliphatic heterocycles. The van der Waals surface area contributed by atoms with Crippen LogP contribution in [0.5, 0.6) is 0 Å². The van der Waals surface area contributed by atoms with Gasteiger partial charge in [-0.25, -0.2) is 0 Å². The van der Waals surface area contributed by atoms with Crippen molar-refractivity contribution < 1.29 is 29.6 Å². The quantitative estimate of drug-likeness (QED) is 0.603. The molecule has 0 amide bonds. The maximum Gasteiger partial charge on any atom is 0.311 e. The summed E-state index contributed by atoms with van der Waals surface area (Å²) < 4.78 is 10.1. The molecule has 0 spiro atoms. The molecule has 0 aliphatic carbocycles. The molecular weight excluding hydrogens is 276 g/mol. The molecule has 6 nitrogen and oxygen atoms in total. The number of hydrogen-bond acceptors (Lipinski definition) is 6. The maximum atomic E-state index is 11.9. The fraction of sp³-hybridized carbons (Fsp3) is 0.933. The van der Waals surface area contributed by atoms with E-state index >= 15 is 0 Å². The minimum absolute atomic E-state index is 0.168. The highest BCUT2D eigenvalue weighted by atomic mass is 16.7. The van der Waals surface area contributed by atoms with Crippen LogP contribution >= 0.6 is 0 Å². The van der Waals surface area contributed by atoms with Gasteiger partial charge in [-0.15, -0.1) is 0 Å². The molecule has 1 saturated heterocycles. The third-order valence-electron chi connectivity index (χ3n) is 4.12. The zero-order valence-electron chi connectivity index (χ0n) is 13.1. The van der Waals surface area contributed by atoms with Crippen LogP contribution in [0.3, 0.4) is 0 Å². The molecule has 6 atom stereocenters. The number of rotatable bonds is 7. The van der Waals surface area contributed by atoms with E-state index in [2.05, 4.69) is 13.8 Å². The summed E-state index contributed by atoms with van der Waals surface area (Å²) in [6.07, 6.45) is -1.31. The summed E-state index contributed by atoms with van der Waals surface area (Å²) in [6, 6.07) is 0. The van der Waals surface area contributed by atoms with E-state index in [-0.39, 0.29) is 12.5 Å². The third kappa shape index (κ3) is 5.54. The van der Waals surface area contributed by atoms with Crippen LogP contribution in [0, 0.1) is 11.8 Å². The summed E-state index contributed by atoms with van der Waals surface area (Å²) >= 11 is 0. The second kappa shape index (κ2) is 8.68. The molecule has 6 unspecified atom stereocenters. The number of esters is 1. The molecule has 0 saturated carbocycles. The second-order valence-corrected chi connectivity index (χ2v) is 6.03. The molecule has 1 aliphatic rings. The van der Waals surface area contributed by atoms with Gasteiger partial charge >= 0.3 is 5.97 Å². The molecule has 3 N–H and O–H groups in total. The first kappa shape index (κ1) is 18.4. The number of carbonyl (C=O) groups excluding carboxylic acids is 1. The summed E-state index contributed by atoms with van der Waals surface area (Å²) in [6.45, 7) is 5.93. The molecule has 1 fully saturated rings. The number of carbonyl (C=O) groups is 1. The van der Waals surface area contributed by atoms with E-state index in [4.69, 9.17) is 9.47 Å². The van der Waals surface area contributed by atoms with Crippen molar-refractivity contribution in [3.8, 4) is 0 Å². The van der Waals surface area contributed by atoms with Crippen LogP contribution in [0.25, 0.3) is 0 Å². The van der Waals surface area contributed by atoms with Crippen molar-refractivity contribution in [1.82, 2.24) is 0 Å². The Bertz CT molecular complexity index is 321. The standard InChI is InChI=1S/C15H28O6/c1-4-9(2)6-5-7-10(3)14(19)21-15-13(18)12(17)11(16)8-20-15/h9-13,15-18H,4-8H2,1-3H3. The first-order chi connectivity index (χ1) is 9.86. The lowest BCUT2D eigenvalue weighted by molar-refractivity contribution is -0.264. The van der Waals surface area contributed by atoms with E-state index in [1.807, 2.05) is 0 Å². The lowest BCUT2D eigenvalue weighted by atomic mass is 9.97. The van der Waals surface area contributed by atoms with Crippen molar-refractivity contribution in [2.45, 2.75) is 71.1 Å². The van der Waals surface area contributed by atoms with Gasteiger partial charge in [0.15, 0.2) is 0 Å². The van der Waals surface area contributed by atoms with Crippen molar-refractivity contribution >= 4 is 5.97 Å². The summed E-state index contributed by atoms with van der Waals surface area (Å²) in [5.74, 6) is -0.0889. The van der Waals surface area contributed by atoms with Crippen LogP contribution in [0.4, 0.5) is 0 Å². The Kier molecular flexibility index (Phi) is 7.59. The molecule has 1 rings (SSSR count). The zero-order chi connectivity index (χ0) is 16.0. The molecule has 1 heterocycles. The van der Waals surface area contributed by atoms with Gasteiger partial charge < -0.3 is 24.8 Å². The molecule has 0 aromatic carbocycles. The number of ether oxygens (including phenoxy) is 2. The van der Waals surface area contributed by atoms with Crippen LogP contribution in [0.1, 0.15) is 46.5 Å². The smallest absolute Gasteiger partial charge is 0.311 e. The normalized spacial score (nSPS) is 32.5. The van der Waals surface area contributed by atoms with Gasteiger partial charge in [0.1, 0.15) is 18.3 Å². The Morgan fingerprint density at radius 1 is 1.24 bits per heavy atom. The Hall–Kier alpha value is -0.690. The molecule has 0 aromatic rings. The predicted molar refractivity (Wildman–Crippen MR) is 76.3 cm³/mol. The van der Waals surface area contributed by atoms with Gasteiger partial charge in [0.2, 0.25) is 6.29 Å². The summed E-state index contributed by atoms with van der Waals surface area (Å²) in [4.78, 5) is 11.9. The van der Waals surface area contributed by atoms with E-state index in [1.165, 1.54) is 0 Å². The minimum Gasteiger partial charge on any atom is -0.433 e. The highest BCUT2D eigenvalue weighted by molar-refractivity contribution is 5.72. The van der Waals surface area contributed by atoms with Crippen LogP contribution in [0.15, 0.2) is 0 Å². The maximum absolute atomic E-state index is 11.9. The lowest BCUT2D eigenvalue weighted by Gasteiger charge is -2.34. The summed E-state index contributed by atoms with van der Waals surface area (Å²) in [5.41, 5.74) is 0. The van der Waals surface area contributed by atoms with Crippen molar-refractivity contribution in [3.63, 3.8) is 0 Å². The minimum atomic E-state index is -1.43. The predicted octanol–water partition coefficient (Wildman–Crippen LogP) is 0.821. The number of aliphatic hydroxyl groups excluding tert-OH is 3. The molecule has 0 bridgehead atoms. The van der Waals surface area contributed by atoms with Gasteiger partial charge in [0, 0.05) is 0 Å². The fourth-order valence-electron chi connectivity index (χ4n) is 2.21. The van der Waals surface area contributed by atoms with Crippen LogP contribution in [-0.4, -0.2) is 52.5 Å². The highest BCUT2D eigenvalue weighted by Crippen LogP contribution is 2.20. The average Bonchev–Trinajstić information content (AvgIpc) is 2.47. The Morgan fingerprint density at radius 2 is 1.90 bits per heavy atom. The number of hydrogen-bond donors (Lipinski definition) is 3. The topological polar surface area (TPSA) is 96.2 Å². The molecule has 6 heteroatoms. The second-order valence-electron chi connectivity index (χ2n) is 6.03.